The minimum atomic E-state index is -0.192. The lowest BCUT2D eigenvalue weighted by atomic mass is 10.1. The predicted molar refractivity (Wildman–Crippen MR) is 75.1 cm³/mol. The van der Waals surface area contributed by atoms with Crippen molar-refractivity contribution in [1.29, 1.82) is 0 Å². The average molecular weight is 277 g/mol. The summed E-state index contributed by atoms with van der Waals surface area (Å²) in [5.74, 6) is 1.39. The molecule has 0 spiro atoms. The molecule has 1 aliphatic rings. The van der Waals surface area contributed by atoms with Crippen molar-refractivity contribution in [3.63, 3.8) is 0 Å². The van der Waals surface area contributed by atoms with Gasteiger partial charge < -0.3 is 5.32 Å². The van der Waals surface area contributed by atoms with Crippen molar-refractivity contribution in [2.75, 3.05) is 5.32 Å². The number of aromatic nitrogens is 2. The number of nitrogens with one attached hydrogen (secondary N) is 1. The first-order valence-corrected chi connectivity index (χ1v) is 7.32. The van der Waals surface area contributed by atoms with E-state index in [4.69, 9.17) is 0 Å². The van der Waals surface area contributed by atoms with E-state index in [1.165, 1.54) is 36.5 Å². The Morgan fingerprint density at radius 3 is 2.79 bits per heavy atom. The maximum Gasteiger partial charge on any atom is 0.202 e. The number of anilines is 1. The van der Waals surface area contributed by atoms with Crippen LogP contribution in [0.3, 0.4) is 0 Å². The fraction of sp³-hybridized carbons (Fsp3) is 0.429. The highest BCUT2D eigenvalue weighted by Gasteiger charge is 2.27. The molecular formula is C14H16FN3S. The zero-order chi connectivity index (χ0) is 13.2. The molecule has 19 heavy (non-hydrogen) atoms. The molecule has 1 saturated carbocycles. The van der Waals surface area contributed by atoms with E-state index >= 15 is 0 Å². The summed E-state index contributed by atoms with van der Waals surface area (Å²) in [6, 6.07) is 6.90. The number of benzene rings is 1. The molecule has 100 valence electrons. The van der Waals surface area contributed by atoms with E-state index in [2.05, 4.69) is 21.6 Å². The quantitative estimate of drug-likeness (QED) is 0.907. The molecule has 5 heteroatoms. The molecule has 3 nitrogen and oxygen atoms in total. The third kappa shape index (κ3) is 3.29. The van der Waals surface area contributed by atoms with Crippen LogP contribution in [-0.4, -0.2) is 15.4 Å². The molecule has 2 aromatic rings. The van der Waals surface area contributed by atoms with Crippen LogP contribution in [0.2, 0.25) is 0 Å². The summed E-state index contributed by atoms with van der Waals surface area (Å²) in [7, 11) is 0. The Morgan fingerprint density at radius 1 is 1.37 bits per heavy atom. The first kappa shape index (κ1) is 12.5. The molecule has 0 aliphatic heterocycles. The minimum Gasteiger partial charge on any atom is -0.357 e. The Hall–Kier alpha value is -1.49. The lowest BCUT2D eigenvalue weighted by Crippen LogP contribution is -2.17. The van der Waals surface area contributed by atoms with Crippen LogP contribution in [0.15, 0.2) is 24.3 Å². The van der Waals surface area contributed by atoms with Gasteiger partial charge in [0, 0.05) is 23.5 Å². The second-order valence-corrected chi connectivity index (χ2v) is 5.86. The molecule has 1 aromatic heterocycles. The maximum atomic E-state index is 12.8. The highest BCUT2D eigenvalue weighted by molar-refractivity contribution is 7.09. The summed E-state index contributed by atoms with van der Waals surface area (Å²) < 4.78 is 17.2. The van der Waals surface area contributed by atoms with Gasteiger partial charge in [0.25, 0.3) is 0 Å². The maximum absolute atomic E-state index is 12.8. The van der Waals surface area contributed by atoms with Gasteiger partial charge in [0.2, 0.25) is 5.13 Å². The smallest absolute Gasteiger partial charge is 0.202 e. The zero-order valence-electron chi connectivity index (χ0n) is 10.8. The Labute approximate surface area is 116 Å². The van der Waals surface area contributed by atoms with Crippen LogP contribution in [-0.2, 0) is 6.42 Å². The largest absolute Gasteiger partial charge is 0.357 e. The molecule has 3 rings (SSSR count). The van der Waals surface area contributed by atoms with Gasteiger partial charge in [0.1, 0.15) is 11.6 Å². The molecule has 1 heterocycles. The lowest BCUT2D eigenvalue weighted by Gasteiger charge is -2.12. The van der Waals surface area contributed by atoms with Crippen LogP contribution in [0.1, 0.15) is 37.1 Å². The van der Waals surface area contributed by atoms with Crippen LogP contribution >= 0.6 is 11.5 Å². The molecule has 0 amide bonds. The van der Waals surface area contributed by atoms with Crippen molar-refractivity contribution in [1.82, 2.24) is 9.36 Å². The molecule has 1 aromatic carbocycles. The standard InChI is InChI=1S/C14H16FN3S/c1-9(8-10-2-6-12(15)7-3-10)16-14-17-13(18-19-14)11-4-5-11/h2-3,6-7,9,11H,4-5,8H2,1H3,(H,16,17,18). The van der Waals surface area contributed by atoms with Crippen LogP contribution in [0, 0.1) is 5.82 Å². The van der Waals surface area contributed by atoms with Crippen LogP contribution in [0.5, 0.6) is 0 Å². The van der Waals surface area contributed by atoms with Crippen LogP contribution < -0.4 is 5.32 Å². The molecular weight excluding hydrogens is 261 g/mol. The Bertz CT molecular complexity index is 548. The second-order valence-electron chi connectivity index (χ2n) is 5.11. The zero-order valence-corrected chi connectivity index (χ0v) is 11.6. The summed E-state index contributed by atoms with van der Waals surface area (Å²) in [5.41, 5.74) is 1.12. The fourth-order valence-corrected chi connectivity index (χ4v) is 2.79. The van der Waals surface area contributed by atoms with Crippen molar-refractivity contribution in [2.24, 2.45) is 0 Å². The molecule has 0 bridgehead atoms. The average Bonchev–Trinajstić information content (AvgIpc) is 3.14. The molecule has 1 atom stereocenters. The van der Waals surface area contributed by atoms with Crippen molar-refractivity contribution in [3.05, 3.63) is 41.5 Å². The number of halogens is 1. The normalized spacial score (nSPS) is 16.3. The highest BCUT2D eigenvalue weighted by atomic mass is 32.1. The molecule has 1 unspecified atom stereocenters. The first-order chi connectivity index (χ1) is 9.20. The number of hydrogen-bond acceptors (Lipinski definition) is 4. The second kappa shape index (κ2) is 5.25. The van der Waals surface area contributed by atoms with E-state index < -0.39 is 0 Å². The van der Waals surface area contributed by atoms with Gasteiger partial charge in [-0.3, -0.25) is 0 Å². The molecule has 0 saturated heterocycles. The SMILES string of the molecule is CC(Cc1ccc(F)cc1)Nc1nc(C2CC2)ns1. The van der Waals surface area contributed by atoms with Crippen LogP contribution in [0.25, 0.3) is 0 Å². The first-order valence-electron chi connectivity index (χ1n) is 6.55. The summed E-state index contributed by atoms with van der Waals surface area (Å²) in [6.45, 7) is 2.10. The van der Waals surface area contributed by atoms with Crippen LogP contribution in [0.4, 0.5) is 9.52 Å². The summed E-state index contributed by atoms with van der Waals surface area (Å²) in [5, 5.41) is 4.24. The monoisotopic (exact) mass is 277 g/mol. The molecule has 1 aliphatic carbocycles. The van der Waals surface area contributed by atoms with Gasteiger partial charge in [-0.2, -0.15) is 4.37 Å². The number of nitrogens with zero attached hydrogens (tertiary/aromatic N) is 2. The Balaban J connectivity index is 1.57. The van der Waals surface area contributed by atoms with Gasteiger partial charge in [-0.1, -0.05) is 12.1 Å². The Morgan fingerprint density at radius 2 is 2.11 bits per heavy atom. The van der Waals surface area contributed by atoms with Crippen molar-refractivity contribution in [3.8, 4) is 0 Å². The van der Waals surface area contributed by atoms with E-state index in [-0.39, 0.29) is 11.9 Å². The van der Waals surface area contributed by atoms with Gasteiger partial charge in [-0.05, 0) is 43.9 Å². The third-order valence-electron chi connectivity index (χ3n) is 3.21. The van der Waals surface area contributed by atoms with E-state index in [1.807, 2.05) is 12.1 Å². The van der Waals surface area contributed by atoms with E-state index in [1.54, 1.807) is 0 Å². The Kier molecular flexibility index (Phi) is 3.46. The summed E-state index contributed by atoms with van der Waals surface area (Å²) in [6.07, 6.45) is 3.29. The number of hydrogen-bond donors (Lipinski definition) is 1. The van der Waals surface area contributed by atoms with Crippen molar-refractivity contribution < 1.29 is 4.39 Å². The van der Waals surface area contributed by atoms with Crippen molar-refractivity contribution >= 4 is 16.7 Å². The summed E-state index contributed by atoms with van der Waals surface area (Å²) >= 11 is 1.43. The van der Waals surface area contributed by atoms with Gasteiger partial charge in [0.15, 0.2) is 0 Å². The third-order valence-corrected chi connectivity index (χ3v) is 3.87. The van der Waals surface area contributed by atoms with Gasteiger partial charge in [0.05, 0.1) is 0 Å². The molecule has 0 radical (unpaired) electrons. The highest BCUT2D eigenvalue weighted by Crippen LogP contribution is 2.39. The lowest BCUT2D eigenvalue weighted by molar-refractivity contribution is 0.626. The topological polar surface area (TPSA) is 37.8 Å². The number of rotatable bonds is 5. The van der Waals surface area contributed by atoms with E-state index in [9.17, 15) is 4.39 Å². The predicted octanol–water partition coefficient (Wildman–Crippen LogP) is 3.60. The minimum absolute atomic E-state index is 0.192. The molecule has 1 N–H and O–H groups in total. The molecule has 1 fully saturated rings. The fourth-order valence-electron chi connectivity index (χ4n) is 2.04. The summed E-state index contributed by atoms with van der Waals surface area (Å²) in [4.78, 5) is 4.50. The van der Waals surface area contributed by atoms with E-state index in [0.29, 0.717) is 5.92 Å². The van der Waals surface area contributed by atoms with Gasteiger partial charge in [-0.15, -0.1) is 0 Å². The van der Waals surface area contributed by atoms with Gasteiger partial charge >= 0.3 is 0 Å². The van der Waals surface area contributed by atoms with Gasteiger partial charge in [-0.25, -0.2) is 9.37 Å². The van der Waals surface area contributed by atoms with E-state index in [0.717, 1.165) is 22.9 Å². The van der Waals surface area contributed by atoms with Crippen molar-refractivity contribution in [2.45, 2.75) is 38.1 Å².